The molecule has 0 aliphatic heterocycles. The molecule has 2 atom stereocenters. The lowest BCUT2D eigenvalue weighted by molar-refractivity contribution is 0.174. The molecule has 120 valence electrons. The third kappa shape index (κ3) is 6.16. The number of nitrogens with one attached hydrogen (secondary N) is 1. The molecule has 0 saturated carbocycles. The average Bonchev–Trinajstić information content (AvgIpc) is 2.44. The van der Waals surface area contributed by atoms with Crippen LogP contribution in [0.1, 0.15) is 37.8 Å². The molecule has 1 rings (SSSR count). The van der Waals surface area contributed by atoms with Crippen molar-refractivity contribution < 1.29 is 0 Å². The zero-order valence-electron chi connectivity index (χ0n) is 14.7. The highest BCUT2D eigenvalue weighted by atomic mass is 15.2. The van der Waals surface area contributed by atoms with E-state index < -0.39 is 0 Å². The molecule has 0 aliphatic carbocycles. The molecule has 0 aliphatic rings. The largest absolute Gasteiger partial charge is 0.319 e. The van der Waals surface area contributed by atoms with Crippen molar-refractivity contribution in [3.8, 4) is 0 Å². The molecule has 1 aromatic rings. The molecule has 1 N–H and O–H groups in total. The molecule has 21 heavy (non-hydrogen) atoms. The lowest BCUT2D eigenvalue weighted by Crippen LogP contribution is -2.39. The van der Waals surface area contributed by atoms with Gasteiger partial charge in [-0.15, -0.1) is 0 Å². The van der Waals surface area contributed by atoms with Crippen molar-refractivity contribution in [1.82, 2.24) is 15.1 Å². The van der Waals surface area contributed by atoms with Crippen LogP contribution in [-0.2, 0) is 6.54 Å². The van der Waals surface area contributed by atoms with E-state index in [4.69, 9.17) is 0 Å². The third-order valence-corrected chi connectivity index (χ3v) is 4.10. The second-order valence-corrected chi connectivity index (χ2v) is 6.37. The topological polar surface area (TPSA) is 18.5 Å². The Labute approximate surface area is 131 Å². The van der Waals surface area contributed by atoms with Gasteiger partial charge < -0.3 is 10.2 Å². The Kier molecular flexibility index (Phi) is 7.94. The molecule has 2 unspecified atom stereocenters. The van der Waals surface area contributed by atoms with Crippen molar-refractivity contribution in [2.75, 3.05) is 40.8 Å². The SMILES string of the molecule is CCN(Cc1ccc(C(C)CNC)cc1)C(C)CN(C)C. The first-order valence-corrected chi connectivity index (χ1v) is 8.10. The van der Waals surface area contributed by atoms with Gasteiger partial charge in [-0.25, -0.2) is 0 Å². The molecule has 0 heterocycles. The van der Waals surface area contributed by atoms with Gasteiger partial charge in [-0.2, -0.15) is 0 Å². The van der Waals surface area contributed by atoms with Crippen LogP contribution < -0.4 is 5.32 Å². The Morgan fingerprint density at radius 3 is 2.19 bits per heavy atom. The summed E-state index contributed by atoms with van der Waals surface area (Å²) in [7, 11) is 6.29. The van der Waals surface area contributed by atoms with Gasteiger partial charge >= 0.3 is 0 Å². The van der Waals surface area contributed by atoms with Gasteiger partial charge in [0, 0.05) is 25.7 Å². The first kappa shape index (κ1) is 18.1. The summed E-state index contributed by atoms with van der Waals surface area (Å²) in [6.07, 6.45) is 0. The first-order chi connectivity index (χ1) is 9.97. The van der Waals surface area contributed by atoms with Gasteiger partial charge in [-0.05, 0) is 51.7 Å². The zero-order chi connectivity index (χ0) is 15.8. The number of benzene rings is 1. The van der Waals surface area contributed by atoms with Crippen LogP contribution in [0.5, 0.6) is 0 Å². The summed E-state index contributed by atoms with van der Waals surface area (Å²) in [6, 6.07) is 9.70. The molecular formula is C18H33N3. The van der Waals surface area contributed by atoms with Gasteiger partial charge in [0.1, 0.15) is 0 Å². The predicted molar refractivity (Wildman–Crippen MR) is 92.9 cm³/mol. The maximum Gasteiger partial charge on any atom is 0.0236 e. The van der Waals surface area contributed by atoms with Gasteiger partial charge in [-0.1, -0.05) is 38.1 Å². The van der Waals surface area contributed by atoms with E-state index in [-0.39, 0.29) is 0 Å². The molecule has 3 heteroatoms. The summed E-state index contributed by atoms with van der Waals surface area (Å²) < 4.78 is 0. The zero-order valence-corrected chi connectivity index (χ0v) is 14.7. The van der Waals surface area contributed by atoms with E-state index in [9.17, 15) is 0 Å². The molecule has 0 fully saturated rings. The highest BCUT2D eigenvalue weighted by Crippen LogP contribution is 2.16. The maximum atomic E-state index is 3.24. The van der Waals surface area contributed by atoms with Crippen LogP contribution in [0.15, 0.2) is 24.3 Å². The number of hydrogen-bond acceptors (Lipinski definition) is 3. The second-order valence-electron chi connectivity index (χ2n) is 6.37. The standard InChI is InChI=1S/C18H33N3/c1-7-21(16(3)13-20(5)6)14-17-8-10-18(11-9-17)15(2)12-19-4/h8-11,15-16,19H,7,12-14H2,1-6H3. The summed E-state index contributed by atoms with van der Waals surface area (Å²) >= 11 is 0. The average molecular weight is 291 g/mol. The number of hydrogen-bond donors (Lipinski definition) is 1. The van der Waals surface area contributed by atoms with E-state index in [0.29, 0.717) is 12.0 Å². The summed E-state index contributed by atoms with van der Waals surface area (Å²) in [5.41, 5.74) is 2.82. The molecule has 0 aromatic heterocycles. The molecule has 0 amide bonds. The van der Waals surface area contributed by atoms with Crippen LogP contribution in [-0.4, -0.2) is 56.6 Å². The molecular weight excluding hydrogens is 258 g/mol. The number of nitrogens with zero attached hydrogens (tertiary/aromatic N) is 2. The molecule has 0 bridgehead atoms. The molecule has 3 nitrogen and oxygen atoms in total. The Bertz CT molecular complexity index is 386. The fraction of sp³-hybridized carbons (Fsp3) is 0.667. The van der Waals surface area contributed by atoms with Crippen LogP contribution in [0.4, 0.5) is 0 Å². The highest BCUT2D eigenvalue weighted by molar-refractivity contribution is 5.25. The van der Waals surface area contributed by atoms with E-state index >= 15 is 0 Å². The number of rotatable bonds is 9. The minimum atomic E-state index is 0.569. The van der Waals surface area contributed by atoms with Crippen molar-refractivity contribution in [3.63, 3.8) is 0 Å². The fourth-order valence-corrected chi connectivity index (χ4v) is 2.83. The van der Waals surface area contributed by atoms with Crippen LogP contribution >= 0.6 is 0 Å². The third-order valence-electron chi connectivity index (χ3n) is 4.10. The summed E-state index contributed by atoms with van der Waals surface area (Å²) in [6.45, 7) is 11.1. The molecule has 0 spiro atoms. The smallest absolute Gasteiger partial charge is 0.0236 e. The van der Waals surface area contributed by atoms with E-state index in [1.165, 1.54) is 11.1 Å². The quantitative estimate of drug-likeness (QED) is 0.755. The monoisotopic (exact) mass is 291 g/mol. The van der Waals surface area contributed by atoms with E-state index in [1.54, 1.807) is 0 Å². The normalized spacial score (nSPS) is 14.7. The van der Waals surface area contributed by atoms with Crippen LogP contribution in [0, 0.1) is 0 Å². The first-order valence-electron chi connectivity index (χ1n) is 8.10. The van der Waals surface area contributed by atoms with Gasteiger partial charge in [0.05, 0.1) is 0 Å². The van der Waals surface area contributed by atoms with Gasteiger partial charge in [0.25, 0.3) is 0 Å². The Morgan fingerprint density at radius 1 is 1.10 bits per heavy atom. The molecule has 0 saturated heterocycles. The van der Waals surface area contributed by atoms with Crippen molar-refractivity contribution in [2.45, 2.75) is 39.3 Å². The molecule has 0 radical (unpaired) electrons. The summed E-state index contributed by atoms with van der Waals surface area (Å²) in [5.74, 6) is 0.569. The fourth-order valence-electron chi connectivity index (χ4n) is 2.83. The van der Waals surface area contributed by atoms with Crippen LogP contribution in [0.2, 0.25) is 0 Å². The lowest BCUT2D eigenvalue weighted by Gasteiger charge is -2.30. The van der Waals surface area contributed by atoms with E-state index in [2.05, 4.69) is 74.2 Å². The Morgan fingerprint density at radius 2 is 1.71 bits per heavy atom. The van der Waals surface area contributed by atoms with Crippen molar-refractivity contribution in [3.05, 3.63) is 35.4 Å². The van der Waals surface area contributed by atoms with Crippen LogP contribution in [0.3, 0.4) is 0 Å². The van der Waals surface area contributed by atoms with E-state index in [1.807, 2.05) is 7.05 Å². The summed E-state index contributed by atoms with van der Waals surface area (Å²) in [5, 5.41) is 3.24. The van der Waals surface area contributed by atoms with Crippen molar-refractivity contribution in [2.24, 2.45) is 0 Å². The van der Waals surface area contributed by atoms with Gasteiger partial charge in [0.15, 0.2) is 0 Å². The van der Waals surface area contributed by atoms with Crippen molar-refractivity contribution >= 4 is 0 Å². The Hall–Kier alpha value is -0.900. The maximum absolute atomic E-state index is 3.24. The minimum Gasteiger partial charge on any atom is -0.319 e. The second kappa shape index (κ2) is 9.19. The number of likely N-dealkylation sites (N-methyl/N-ethyl adjacent to an activating group) is 3. The lowest BCUT2D eigenvalue weighted by atomic mass is 9.99. The predicted octanol–water partition coefficient (Wildman–Crippen LogP) is 2.78. The van der Waals surface area contributed by atoms with Gasteiger partial charge in [-0.3, -0.25) is 4.90 Å². The summed E-state index contributed by atoms with van der Waals surface area (Å²) in [4.78, 5) is 4.79. The van der Waals surface area contributed by atoms with Crippen molar-refractivity contribution in [1.29, 1.82) is 0 Å². The highest BCUT2D eigenvalue weighted by Gasteiger charge is 2.13. The Balaban J connectivity index is 2.64. The molecule has 1 aromatic carbocycles. The van der Waals surface area contributed by atoms with Gasteiger partial charge in [0.2, 0.25) is 0 Å². The van der Waals surface area contributed by atoms with E-state index in [0.717, 1.165) is 26.2 Å². The van der Waals surface area contributed by atoms with Crippen LogP contribution in [0.25, 0.3) is 0 Å². The minimum absolute atomic E-state index is 0.569.